The molecule has 1 N–H and O–H groups in total. The Balaban J connectivity index is 1.28. The summed E-state index contributed by atoms with van der Waals surface area (Å²) in [6.07, 6.45) is 3.90. The van der Waals surface area contributed by atoms with Crippen LogP contribution in [0.2, 0.25) is 0 Å². The van der Waals surface area contributed by atoms with Gasteiger partial charge in [0.25, 0.3) is 0 Å². The Morgan fingerprint density at radius 2 is 2.03 bits per heavy atom. The number of imidazole rings is 1. The maximum absolute atomic E-state index is 12.5. The molecule has 4 rings (SSSR count). The van der Waals surface area contributed by atoms with Crippen LogP contribution in [-0.2, 0) is 23.2 Å². The number of carbonyl (C=O) groups is 1. The number of hydrogen-bond acceptors (Lipinski definition) is 7. The predicted octanol–water partition coefficient (Wildman–Crippen LogP) is 0.980. The summed E-state index contributed by atoms with van der Waals surface area (Å²) in [7, 11) is 3.61. The van der Waals surface area contributed by atoms with Gasteiger partial charge in [-0.15, -0.1) is 0 Å². The van der Waals surface area contributed by atoms with E-state index in [-0.39, 0.29) is 25.7 Å². The fourth-order valence-electron chi connectivity index (χ4n) is 3.80. The van der Waals surface area contributed by atoms with E-state index in [1.54, 1.807) is 25.5 Å². The molecule has 9 nitrogen and oxygen atoms in total. The van der Waals surface area contributed by atoms with Crippen molar-refractivity contribution in [2.24, 2.45) is 7.05 Å². The van der Waals surface area contributed by atoms with Crippen LogP contribution in [0, 0.1) is 0 Å². The van der Waals surface area contributed by atoms with Crippen molar-refractivity contribution in [2.45, 2.75) is 18.6 Å². The standard InChI is InChI=1S/C21H26N6O3/c1-25(14-21(29)8-11-27(15-21)20-22-9-5-10-23-20)19(28)13-30-12-18-24-16-6-3-4-7-17(16)26(18)2/h3-7,9-10,29H,8,11-15H2,1-2H3. The van der Waals surface area contributed by atoms with Gasteiger partial charge in [0, 0.05) is 33.0 Å². The number of anilines is 1. The first-order chi connectivity index (χ1) is 14.5. The SMILES string of the molecule is CN(CC1(O)CCN(c2ncccn2)C1)C(=O)COCc1nc2ccccc2n1C. The van der Waals surface area contributed by atoms with Gasteiger partial charge >= 0.3 is 0 Å². The smallest absolute Gasteiger partial charge is 0.248 e. The summed E-state index contributed by atoms with van der Waals surface area (Å²) in [6, 6.07) is 9.61. The molecule has 0 spiro atoms. The van der Waals surface area contributed by atoms with Gasteiger partial charge in [0.1, 0.15) is 24.6 Å². The van der Waals surface area contributed by atoms with Crippen LogP contribution in [0.4, 0.5) is 5.95 Å². The zero-order valence-electron chi connectivity index (χ0n) is 17.2. The highest BCUT2D eigenvalue weighted by Gasteiger charge is 2.38. The average Bonchev–Trinajstić information content (AvgIpc) is 3.29. The summed E-state index contributed by atoms with van der Waals surface area (Å²) >= 11 is 0. The molecule has 1 saturated heterocycles. The molecule has 1 aliphatic heterocycles. The molecule has 1 amide bonds. The van der Waals surface area contributed by atoms with Crippen molar-refractivity contribution in [3.8, 4) is 0 Å². The number of hydrogen-bond donors (Lipinski definition) is 1. The highest BCUT2D eigenvalue weighted by atomic mass is 16.5. The zero-order valence-corrected chi connectivity index (χ0v) is 17.2. The predicted molar refractivity (Wildman–Crippen MR) is 112 cm³/mol. The summed E-state index contributed by atoms with van der Waals surface area (Å²) in [4.78, 5) is 28.9. The molecular weight excluding hydrogens is 384 g/mol. The van der Waals surface area contributed by atoms with Gasteiger partial charge in [-0.2, -0.15) is 0 Å². The van der Waals surface area contributed by atoms with E-state index >= 15 is 0 Å². The number of nitrogens with zero attached hydrogens (tertiary/aromatic N) is 6. The first kappa shape index (κ1) is 20.2. The number of ether oxygens (including phenoxy) is 1. The summed E-state index contributed by atoms with van der Waals surface area (Å²) in [5.41, 5.74) is 0.925. The lowest BCUT2D eigenvalue weighted by molar-refractivity contribution is -0.138. The quantitative estimate of drug-likeness (QED) is 0.620. The molecule has 1 aliphatic rings. The van der Waals surface area contributed by atoms with Gasteiger partial charge in [0.05, 0.1) is 24.1 Å². The van der Waals surface area contributed by atoms with E-state index in [0.717, 1.165) is 16.9 Å². The van der Waals surface area contributed by atoms with Gasteiger partial charge in [-0.1, -0.05) is 12.1 Å². The Morgan fingerprint density at radius 3 is 2.80 bits per heavy atom. The third kappa shape index (κ3) is 4.27. The number of fused-ring (bicyclic) bond motifs is 1. The number of amides is 1. The summed E-state index contributed by atoms with van der Waals surface area (Å²) in [5, 5.41) is 10.9. The van der Waals surface area contributed by atoms with Gasteiger partial charge in [0.15, 0.2) is 0 Å². The van der Waals surface area contributed by atoms with E-state index in [1.807, 2.05) is 40.8 Å². The highest BCUT2D eigenvalue weighted by molar-refractivity contribution is 5.77. The first-order valence-electron chi connectivity index (χ1n) is 9.92. The maximum Gasteiger partial charge on any atom is 0.248 e. The second-order valence-electron chi connectivity index (χ2n) is 7.76. The van der Waals surface area contributed by atoms with Gasteiger partial charge in [0.2, 0.25) is 11.9 Å². The van der Waals surface area contributed by atoms with Crippen LogP contribution < -0.4 is 4.90 Å². The number of aromatic nitrogens is 4. The molecule has 0 bridgehead atoms. The van der Waals surface area contributed by atoms with Crippen LogP contribution in [0.25, 0.3) is 11.0 Å². The molecule has 0 radical (unpaired) electrons. The van der Waals surface area contributed by atoms with Gasteiger partial charge in [-0.3, -0.25) is 4.79 Å². The Morgan fingerprint density at radius 1 is 1.27 bits per heavy atom. The fraction of sp³-hybridized carbons (Fsp3) is 0.429. The number of para-hydroxylation sites is 2. The summed E-state index contributed by atoms with van der Waals surface area (Å²) in [6.45, 7) is 1.43. The molecule has 30 heavy (non-hydrogen) atoms. The van der Waals surface area contributed by atoms with E-state index in [9.17, 15) is 9.90 Å². The van der Waals surface area contributed by atoms with Crippen molar-refractivity contribution in [1.29, 1.82) is 0 Å². The van der Waals surface area contributed by atoms with Crippen molar-refractivity contribution < 1.29 is 14.6 Å². The van der Waals surface area contributed by atoms with Crippen LogP contribution in [-0.4, -0.2) is 74.3 Å². The molecule has 0 saturated carbocycles. The van der Waals surface area contributed by atoms with E-state index in [1.165, 1.54) is 4.90 Å². The maximum atomic E-state index is 12.5. The molecule has 1 atom stereocenters. The van der Waals surface area contributed by atoms with E-state index in [2.05, 4.69) is 15.0 Å². The lowest BCUT2D eigenvalue weighted by atomic mass is 10.0. The van der Waals surface area contributed by atoms with E-state index < -0.39 is 5.60 Å². The molecule has 158 valence electrons. The van der Waals surface area contributed by atoms with Crippen LogP contribution in [0.15, 0.2) is 42.7 Å². The fourth-order valence-corrected chi connectivity index (χ4v) is 3.80. The first-order valence-corrected chi connectivity index (χ1v) is 9.92. The lowest BCUT2D eigenvalue weighted by Gasteiger charge is -2.29. The third-order valence-electron chi connectivity index (χ3n) is 5.46. The van der Waals surface area contributed by atoms with Crippen molar-refractivity contribution in [3.63, 3.8) is 0 Å². The minimum absolute atomic E-state index is 0.0682. The van der Waals surface area contributed by atoms with Gasteiger partial charge in [-0.25, -0.2) is 15.0 Å². The average molecular weight is 410 g/mol. The molecular formula is C21H26N6O3. The Bertz CT molecular complexity index is 1020. The Kier molecular flexibility index (Phi) is 5.65. The van der Waals surface area contributed by atoms with Gasteiger partial charge in [-0.05, 0) is 24.6 Å². The topological polar surface area (TPSA) is 96.6 Å². The van der Waals surface area contributed by atoms with Crippen LogP contribution in [0.3, 0.4) is 0 Å². The molecule has 0 aliphatic carbocycles. The number of aliphatic hydroxyl groups is 1. The van der Waals surface area contributed by atoms with Crippen molar-refractivity contribution in [2.75, 3.05) is 38.2 Å². The second kappa shape index (κ2) is 8.37. The van der Waals surface area contributed by atoms with Crippen molar-refractivity contribution in [3.05, 3.63) is 48.5 Å². The zero-order chi connectivity index (χ0) is 21.1. The highest BCUT2D eigenvalue weighted by Crippen LogP contribution is 2.25. The Labute approximate surface area is 174 Å². The minimum atomic E-state index is -0.999. The van der Waals surface area contributed by atoms with Crippen LogP contribution >= 0.6 is 0 Å². The largest absolute Gasteiger partial charge is 0.386 e. The van der Waals surface area contributed by atoms with Gasteiger partial charge < -0.3 is 24.2 Å². The monoisotopic (exact) mass is 410 g/mol. The van der Waals surface area contributed by atoms with Crippen molar-refractivity contribution >= 4 is 22.9 Å². The minimum Gasteiger partial charge on any atom is -0.386 e. The third-order valence-corrected chi connectivity index (χ3v) is 5.46. The molecule has 1 aromatic carbocycles. The normalized spacial score (nSPS) is 18.8. The number of likely N-dealkylation sites (N-methyl/N-ethyl adjacent to an activating group) is 1. The van der Waals surface area contributed by atoms with Crippen LogP contribution in [0.1, 0.15) is 12.2 Å². The van der Waals surface area contributed by atoms with E-state index in [0.29, 0.717) is 25.5 Å². The van der Waals surface area contributed by atoms with Crippen LogP contribution in [0.5, 0.6) is 0 Å². The molecule has 3 aromatic rings. The Hall–Kier alpha value is -3.04. The molecule has 1 fully saturated rings. The number of β-amino-alcohol motifs (C(OH)–C–C–N with tert-alkyl or cyclic N) is 1. The summed E-state index contributed by atoms with van der Waals surface area (Å²) in [5.74, 6) is 1.17. The number of benzene rings is 1. The lowest BCUT2D eigenvalue weighted by Crippen LogP contribution is -2.46. The molecule has 9 heteroatoms. The molecule has 3 heterocycles. The molecule has 2 aromatic heterocycles. The second-order valence-corrected chi connectivity index (χ2v) is 7.76. The van der Waals surface area contributed by atoms with Crippen molar-refractivity contribution in [1.82, 2.24) is 24.4 Å². The number of aryl methyl sites for hydroxylation is 1. The number of rotatable bonds is 7. The number of carbonyl (C=O) groups excluding carboxylic acids is 1. The van der Waals surface area contributed by atoms with E-state index in [4.69, 9.17) is 4.74 Å². The summed E-state index contributed by atoms with van der Waals surface area (Å²) < 4.78 is 7.58. The molecule has 1 unspecified atom stereocenters.